The van der Waals surface area contributed by atoms with Gasteiger partial charge in [0.25, 0.3) is 0 Å². The van der Waals surface area contributed by atoms with E-state index in [1.54, 1.807) is 12.1 Å². The van der Waals surface area contributed by atoms with Crippen molar-refractivity contribution in [1.29, 1.82) is 0 Å². The van der Waals surface area contributed by atoms with Crippen LogP contribution < -0.4 is 0 Å². The van der Waals surface area contributed by atoms with Crippen LogP contribution in [0, 0.1) is 11.8 Å². The minimum absolute atomic E-state index is 0.171. The lowest BCUT2D eigenvalue weighted by atomic mass is 10.3. The number of ether oxygens (including phenoxy) is 1. The molecule has 0 atom stereocenters. The number of pyridine rings is 1. The Kier molecular flexibility index (Phi) is 3.39. The van der Waals surface area contributed by atoms with Gasteiger partial charge in [0.2, 0.25) is 0 Å². The standard InChI is InChI=1S/C10H7NO3/c1-14-10(13)9-6-2-4-8(11-9)5-3-7-12/h2,4,6-7H,1H3. The number of rotatable bonds is 1. The molecule has 1 rings (SSSR count). The van der Waals surface area contributed by atoms with Crippen molar-refractivity contribution < 1.29 is 14.3 Å². The number of aldehydes is 1. The summed E-state index contributed by atoms with van der Waals surface area (Å²) in [4.78, 5) is 24.9. The normalized spacial score (nSPS) is 8.36. The zero-order chi connectivity index (χ0) is 10.4. The predicted octanol–water partition coefficient (Wildman–Crippen LogP) is 0.419. The molecule has 0 amide bonds. The Labute approximate surface area is 80.9 Å². The maximum atomic E-state index is 11.0. The van der Waals surface area contributed by atoms with E-state index < -0.39 is 5.97 Å². The topological polar surface area (TPSA) is 56.3 Å². The van der Waals surface area contributed by atoms with Crippen LogP contribution in [-0.4, -0.2) is 24.3 Å². The van der Waals surface area contributed by atoms with Crippen LogP contribution in [0.1, 0.15) is 16.2 Å². The number of esters is 1. The van der Waals surface area contributed by atoms with Gasteiger partial charge in [0.1, 0.15) is 11.4 Å². The molecule has 14 heavy (non-hydrogen) atoms. The van der Waals surface area contributed by atoms with Gasteiger partial charge in [-0.25, -0.2) is 9.78 Å². The summed E-state index contributed by atoms with van der Waals surface area (Å²) in [6, 6.07) is 4.73. The highest BCUT2D eigenvalue weighted by Gasteiger charge is 2.05. The summed E-state index contributed by atoms with van der Waals surface area (Å²) >= 11 is 0. The molecule has 0 saturated heterocycles. The number of carbonyl (C=O) groups excluding carboxylic acids is 2. The van der Waals surface area contributed by atoms with Crippen molar-refractivity contribution in [1.82, 2.24) is 4.98 Å². The smallest absolute Gasteiger partial charge is 0.356 e. The number of hydrogen-bond acceptors (Lipinski definition) is 4. The summed E-state index contributed by atoms with van der Waals surface area (Å²) in [6.45, 7) is 0. The zero-order valence-electron chi connectivity index (χ0n) is 7.48. The van der Waals surface area contributed by atoms with Crippen molar-refractivity contribution in [2.45, 2.75) is 0 Å². The molecular weight excluding hydrogens is 182 g/mol. The van der Waals surface area contributed by atoms with Gasteiger partial charge < -0.3 is 4.74 Å². The van der Waals surface area contributed by atoms with E-state index in [0.29, 0.717) is 12.0 Å². The van der Waals surface area contributed by atoms with Gasteiger partial charge in [-0.15, -0.1) is 0 Å². The Bertz CT molecular complexity index is 415. The number of hydrogen-bond donors (Lipinski definition) is 0. The summed E-state index contributed by atoms with van der Waals surface area (Å²) in [5.74, 6) is 4.15. The Morgan fingerprint density at radius 3 is 3.00 bits per heavy atom. The number of methoxy groups -OCH3 is 1. The third-order valence-electron chi connectivity index (χ3n) is 1.40. The van der Waals surface area contributed by atoms with Crippen molar-refractivity contribution in [2.24, 2.45) is 0 Å². The van der Waals surface area contributed by atoms with Crippen LogP contribution in [0.3, 0.4) is 0 Å². The summed E-state index contributed by atoms with van der Waals surface area (Å²) < 4.78 is 4.48. The highest BCUT2D eigenvalue weighted by atomic mass is 16.5. The molecule has 70 valence electrons. The second kappa shape index (κ2) is 4.77. The third kappa shape index (κ3) is 2.42. The van der Waals surface area contributed by atoms with Crippen molar-refractivity contribution >= 4 is 12.3 Å². The lowest BCUT2D eigenvalue weighted by molar-refractivity contribution is -0.103. The van der Waals surface area contributed by atoms with Crippen LogP contribution in [0.25, 0.3) is 0 Å². The first kappa shape index (κ1) is 9.93. The average molecular weight is 189 g/mol. The van der Waals surface area contributed by atoms with Gasteiger partial charge in [0.15, 0.2) is 6.29 Å². The predicted molar refractivity (Wildman–Crippen MR) is 48.5 cm³/mol. The molecule has 0 spiro atoms. The SMILES string of the molecule is COC(=O)c1cccc(C#CC=O)n1. The molecule has 0 aliphatic rings. The fraction of sp³-hybridized carbons (Fsp3) is 0.100. The molecule has 1 aromatic rings. The molecule has 4 heteroatoms. The van der Waals surface area contributed by atoms with Gasteiger partial charge >= 0.3 is 5.97 Å². The van der Waals surface area contributed by atoms with Gasteiger partial charge in [-0.05, 0) is 24.0 Å². The van der Waals surface area contributed by atoms with Crippen LogP contribution in [-0.2, 0) is 9.53 Å². The molecule has 1 heterocycles. The van der Waals surface area contributed by atoms with Gasteiger partial charge in [0.05, 0.1) is 7.11 Å². The highest BCUT2D eigenvalue weighted by Crippen LogP contribution is 1.99. The number of aromatic nitrogens is 1. The van der Waals surface area contributed by atoms with E-state index in [9.17, 15) is 9.59 Å². The molecule has 0 radical (unpaired) electrons. The number of carbonyl (C=O) groups is 2. The van der Waals surface area contributed by atoms with Crippen molar-refractivity contribution in [2.75, 3.05) is 7.11 Å². The maximum Gasteiger partial charge on any atom is 0.356 e. The van der Waals surface area contributed by atoms with Crippen LogP contribution in [0.4, 0.5) is 0 Å². The van der Waals surface area contributed by atoms with E-state index in [0.717, 1.165) is 0 Å². The van der Waals surface area contributed by atoms with Gasteiger partial charge in [-0.3, -0.25) is 4.79 Å². The first-order valence-corrected chi connectivity index (χ1v) is 3.78. The summed E-state index contributed by atoms with van der Waals surface area (Å²) in [5.41, 5.74) is 0.533. The van der Waals surface area contributed by atoms with E-state index in [4.69, 9.17) is 0 Å². The largest absolute Gasteiger partial charge is 0.464 e. The molecular formula is C10H7NO3. The first-order valence-electron chi connectivity index (χ1n) is 3.78. The molecule has 0 aliphatic heterocycles. The minimum Gasteiger partial charge on any atom is -0.464 e. The zero-order valence-corrected chi connectivity index (χ0v) is 7.48. The lowest BCUT2D eigenvalue weighted by Crippen LogP contribution is -2.04. The van der Waals surface area contributed by atoms with Crippen LogP contribution in [0.2, 0.25) is 0 Å². The Morgan fingerprint density at radius 1 is 1.57 bits per heavy atom. The second-order valence-electron chi connectivity index (χ2n) is 2.29. The van der Waals surface area contributed by atoms with E-state index in [1.807, 2.05) is 0 Å². The molecule has 0 bridgehead atoms. The molecule has 0 N–H and O–H groups in total. The summed E-state index contributed by atoms with van der Waals surface area (Å²) in [7, 11) is 1.27. The van der Waals surface area contributed by atoms with E-state index in [2.05, 4.69) is 21.6 Å². The van der Waals surface area contributed by atoms with Crippen molar-refractivity contribution in [3.63, 3.8) is 0 Å². The number of nitrogens with zero attached hydrogens (tertiary/aromatic N) is 1. The monoisotopic (exact) mass is 189 g/mol. The average Bonchev–Trinajstić information content (AvgIpc) is 2.25. The molecule has 0 unspecified atom stereocenters. The van der Waals surface area contributed by atoms with E-state index in [1.165, 1.54) is 13.2 Å². The summed E-state index contributed by atoms with van der Waals surface area (Å²) in [5, 5.41) is 0. The summed E-state index contributed by atoms with van der Waals surface area (Å²) in [6.07, 6.45) is 0.465. The molecule has 0 aliphatic carbocycles. The van der Waals surface area contributed by atoms with Gasteiger partial charge in [0, 0.05) is 0 Å². The second-order valence-corrected chi connectivity index (χ2v) is 2.29. The first-order chi connectivity index (χ1) is 6.77. The molecule has 0 fully saturated rings. The Morgan fingerprint density at radius 2 is 2.36 bits per heavy atom. The van der Waals surface area contributed by atoms with E-state index >= 15 is 0 Å². The lowest BCUT2D eigenvalue weighted by Gasteiger charge is -1.97. The third-order valence-corrected chi connectivity index (χ3v) is 1.40. The molecule has 0 aromatic carbocycles. The highest BCUT2D eigenvalue weighted by molar-refractivity contribution is 5.87. The van der Waals surface area contributed by atoms with Crippen LogP contribution >= 0.6 is 0 Å². The van der Waals surface area contributed by atoms with Gasteiger partial charge in [-0.2, -0.15) is 0 Å². The molecule has 0 saturated carbocycles. The van der Waals surface area contributed by atoms with Crippen molar-refractivity contribution in [3.8, 4) is 11.8 Å². The van der Waals surface area contributed by atoms with E-state index in [-0.39, 0.29) is 5.69 Å². The Balaban J connectivity index is 3.00. The fourth-order valence-corrected chi connectivity index (χ4v) is 0.826. The van der Waals surface area contributed by atoms with Crippen molar-refractivity contribution in [3.05, 3.63) is 29.6 Å². The molecule has 4 nitrogen and oxygen atoms in total. The van der Waals surface area contributed by atoms with Gasteiger partial charge in [-0.1, -0.05) is 6.07 Å². The maximum absolute atomic E-state index is 11.0. The van der Waals surface area contributed by atoms with Crippen LogP contribution in [0.5, 0.6) is 0 Å². The fourth-order valence-electron chi connectivity index (χ4n) is 0.826. The molecule has 1 aromatic heterocycles. The minimum atomic E-state index is -0.528. The Hall–Kier alpha value is -2.15. The quantitative estimate of drug-likeness (QED) is 0.365. The van der Waals surface area contributed by atoms with Crippen LogP contribution in [0.15, 0.2) is 18.2 Å².